The van der Waals surface area contributed by atoms with Crippen molar-refractivity contribution < 1.29 is 0 Å². The number of rotatable bonds is 4. The third-order valence-corrected chi connectivity index (χ3v) is 4.69. The molecule has 0 spiro atoms. The van der Waals surface area contributed by atoms with Crippen molar-refractivity contribution in [1.29, 1.82) is 0 Å². The lowest BCUT2D eigenvalue weighted by molar-refractivity contribution is 0.341. The molecular weight excluding hydrogens is 248 g/mol. The second-order valence-corrected chi connectivity index (χ2v) is 6.50. The predicted octanol–water partition coefficient (Wildman–Crippen LogP) is 2.74. The fraction of sp³-hybridized carbons (Fsp3) is 0.750. The molecule has 0 radical (unpaired) electrons. The van der Waals surface area contributed by atoms with Crippen LogP contribution in [0.4, 0.5) is 5.82 Å². The van der Waals surface area contributed by atoms with Crippen LogP contribution < -0.4 is 10.2 Å². The summed E-state index contributed by atoms with van der Waals surface area (Å²) in [5, 5.41) is 3.38. The predicted molar refractivity (Wildman–Crippen MR) is 81.7 cm³/mol. The third kappa shape index (κ3) is 2.95. The molecule has 1 saturated heterocycles. The van der Waals surface area contributed by atoms with Gasteiger partial charge in [0.1, 0.15) is 5.82 Å². The van der Waals surface area contributed by atoms with Crippen LogP contribution in [0.2, 0.25) is 0 Å². The zero-order valence-electron chi connectivity index (χ0n) is 12.7. The molecule has 1 aliphatic heterocycles. The molecule has 4 nitrogen and oxygen atoms in total. The van der Waals surface area contributed by atoms with E-state index in [4.69, 9.17) is 0 Å². The molecule has 2 fully saturated rings. The van der Waals surface area contributed by atoms with Gasteiger partial charge in [-0.3, -0.25) is 4.98 Å². The molecule has 1 saturated carbocycles. The Balaban J connectivity index is 1.65. The van der Waals surface area contributed by atoms with Crippen molar-refractivity contribution in [3.05, 3.63) is 18.1 Å². The van der Waals surface area contributed by atoms with Crippen LogP contribution in [-0.4, -0.2) is 28.6 Å². The molecule has 3 rings (SSSR count). The van der Waals surface area contributed by atoms with Gasteiger partial charge in [-0.15, -0.1) is 0 Å². The fourth-order valence-corrected chi connectivity index (χ4v) is 3.59. The van der Waals surface area contributed by atoms with E-state index in [9.17, 15) is 0 Å². The second-order valence-electron chi connectivity index (χ2n) is 6.50. The Morgan fingerprint density at radius 1 is 1.20 bits per heavy atom. The number of fused-ring (bicyclic) bond motifs is 1. The van der Waals surface area contributed by atoms with Gasteiger partial charge in [-0.1, -0.05) is 26.7 Å². The summed E-state index contributed by atoms with van der Waals surface area (Å²) in [5.74, 6) is 1.97. The standard InChI is InChI=1S/C16H26N4/c1-12(2)17-9-14-10-19-16(11-18-14)20-8-7-13-5-3-4-6-15(13)20/h10-13,15,17H,3-9H2,1-2H3. The molecule has 0 amide bonds. The maximum atomic E-state index is 4.65. The molecule has 1 aliphatic carbocycles. The minimum Gasteiger partial charge on any atom is -0.352 e. The van der Waals surface area contributed by atoms with Crippen molar-refractivity contribution in [2.24, 2.45) is 5.92 Å². The van der Waals surface area contributed by atoms with E-state index < -0.39 is 0 Å². The Morgan fingerprint density at radius 2 is 2.05 bits per heavy atom. The molecule has 2 atom stereocenters. The van der Waals surface area contributed by atoms with Gasteiger partial charge in [-0.2, -0.15) is 0 Å². The van der Waals surface area contributed by atoms with Gasteiger partial charge in [0.15, 0.2) is 0 Å². The van der Waals surface area contributed by atoms with E-state index in [0.29, 0.717) is 6.04 Å². The first kappa shape index (κ1) is 13.8. The highest BCUT2D eigenvalue weighted by molar-refractivity contribution is 5.39. The minimum absolute atomic E-state index is 0.484. The molecular formula is C16H26N4. The number of nitrogens with one attached hydrogen (secondary N) is 1. The van der Waals surface area contributed by atoms with Crippen molar-refractivity contribution in [2.45, 2.75) is 64.6 Å². The van der Waals surface area contributed by atoms with Crippen LogP contribution in [-0.2, 0) is 6.54 Å². The minimum atomic E-state index is 0.484. The maximum Gasteiger partial charge on any atom is 0.147 e. The molecule has 0 bridgehead atoms. The van der Waals surface area contributed by atoms with Gasteiger partial charge in [0.25, 0.3) is 0 Å². The van der Waals surface area contributed by atoms with Gasteiger partial charge in [-0.05, 0) is 25.2 Å². The van der Waals surface area contributed by atoms with Crippen LogP contribution in [0, 0.1) is 5.92 Å². The summed E-state index contributed by atoms with van der Waals surface area (Å²) in [7, 11) is 0. The molecule has 0 aromatic carbocycles. The van der Waals surface area contributed by atoms with Crippen LogP contribution in [0.5, 0.6) is 0 Å². The number of hydrogen-bond acceptors (Lipinski definition) is 4. The molecule has 2 aliphatic rings. The van der Waals surface area contributed by atoms with E-state index in [1.54, 1.807) is 0 Å². The number of hydrogen-bond donors (Lipinski definition) is 1. The van der Waals surface area contributed by atoms with E-state index in [1.165, 1.54) is 32.1 Å². The molecule has 2 heterocycles. The Hall–Kier alpha value is -1.16. The highest BCUT2D eigenvalue weighted by Gasteiger charge is 2.36. The highest BCUT2D eigenvalue weighted by atomic mass is 15.2. The van der Waals surface area contributed by atoms with E-state index >= 15 is 0 Å². The van der Waals surface area contributed by atoms with Crippen molar-refractivity contribution in [3.63, 3.8) is 0 Å². The molecule has 1 N–H and O–H groups in total. The number of anilines is 1. The average molecular weight is 274 g/mol. The SMILES string of the molecule is CC(C)NCc1cnc(N2CCC3CCCCC32)cn1. The second kappa shape index (κ2) is 6.08. The summed E-state index contributed by atoms with van der Waals surface area (Å²) in [6, 6.07) is 1.20. The van der Waals surface area contributed by atoms with Crippen LogP contribution >= 0.6 is 0 Å². The van der Waals surface area contributed by atoms with Gasteiger partial charge < -0.3 is 10.2 Å². The first-order valence-electron chi connectivity index (χ1n) is 8.05. The van der Waals surface area contributed by atoms with E-state index in [1.807, 2.05) is 12.4 Å². The lowest BCUT2D eigenvalue weighted by atomic mass is 9.85. The average Bonchev–Trinajstić information content (AvgIpc) is 2.89. The maximum absolute atomic E-state index is 4.65. The lowest BCUT2D eigenvalue weighted by Crippen LogP contribution is -2.35. The number of aromatic nitrogens is 2. The van der Waals surface area contributed by atoms with Crippen LogP contribution in [0.1, 0.15) is 51.6 Å². The third-order valence-electron chi connectivity index (χ3n) is 4.69. The molecule has 20 heavy (non-hydrogen) atoms. The Morgan fingerprint density at radius 3 is 2.80 bits per heavy atom. The molecule has 1 aromatic heterocycles. The van der Waals surface area contributed by atoms with Crippen LogP contribution in [0.3, 0.4) is 0 Å². The molecule has 2 unspecified atom stereocenters. The Labute approximate surface area is 122 Å². The first-order valence-corrected chi connectivity index (χ1v) is 8.05. The van der Waals surface area contributed by atoms with Crippen LogP contribution in [0.15, 0.2) is 12.4 Å². The molecule has 110 valence electrons. The highest BCUT2D eigenvalue weighted by Crippen LogP contribution is 2.37. The summed E-state index contributed by atoms with van der Waals surface area (Å²) in [5.41, 5.74) is 1.03. The topological polar surface area (TPSA) is 41.1 Å². The zero-order chi connectivity index (χ0) is 13.9. The monoisotopic (exact) mass is 274 g/mol. The van der Waals surface area contributed by atoms with Crippen molar-refractivity contribution in [3.8, 4) is 0 Å². The smallest absolute Gasteiger partial charge is 0.147 e. The normalized spacial score (nSPS) is 26.1. The summed E-state index contributed by atoms with van der Waals surface area (Å²) in [4.78, 5) is 11.7. The largest absolute Gasteiger partial charge is 0.352 e. The summed E-state index contributed by atoms with van der Waals surface area (Å²) in [6.45, 7) is 6.26. The van der Waals surface area contributed by atoms with Crippen molar-refractivity contribution in [2.75, 3.05) is 11.4 Å². The van der Waals surface area contributed by atoms with E-state index in [0.717, 1.165) is 36.6 Å². The van der Waals surface area contributed by atoms with Gasteiger partial charge in [0.2, 0.25) is 0 Å². The van der Waals surface area contributed by atoms with Crippen molar-refractivity contribution >= 4 is 5.82 Å². The van der Waals surface area contributed by atoms with Crippen molar-refractivity contribution in [1.82, 2.24) is 15.3 Å². The fourth-order valence-electron chi connectivity index (χ4n) is 3.59. The lowest BCUT2D eigenvalue weighted by Gasteiger charge is -2.32. The quantitative estimate of drug-likeness (QED) is 0.916. The summed E-state index contributed by atoms with van der Waals surface area (Å²) in [6.07, 6.45) is 10.8. The van der Waals surface area contributed by atoms with E-state index in [2.05, 4.69) is 34.0 Å². The Kier molecular flexibility index (Phi) is 4.20. The first-order chi connectivity index (χ1) is 9.74. The molecule has 4 heteroatoms. The summed E-state index contributed by atoms with van der Waals surface area (Å²) < 4.78 is 0. The zero-order valence-corrected chi connectivity index (χ0v) is 12.7. The Bertz CT molecular complexity index is 429. The van der Waals surface area contributed by atoms with Gasteiger partial charge in [0, 0.05) is 25.2 Å². The molecule has 1 aromatic rings. The van der Waals surface area contributed by atoms with Gasteiger partial charge >= 0.3 is 0 Å². The van der Waals surface area contributed by atoms with Crippen LogP contribution in [0.25, 0.3) is 0 Å². The van der Waals surface area contributed by atoms with E-state index in [-0.39, 0.29) is 0 Å². The number of nitrogens with zero attached hydrogens (tertiary/aromatic N) is 3. The van der Waals surface area contributed by atoms with Gasteiger partial charge in [-0.25, -0.2) is 4.98 Å². The van der Waals surface area contributed by atoms with Gasteiger partial charge in [0.05, 0.1) is 18.1 Å². The summed E-state index contributed by atoms with van der Waals surface area (Å²) >= 11 is 0.